The summed E-state index contributed by atoms with van der Waals surface area (Å²) in [6, 6.07) is 15.2. The number of methoxy groups -OCH3 is 1. The van der Waals surface area contributed by atoms with Crippen LogP contribution in [0.3, 0.4) is 0 Å². The van der Waals surface area contributed by atoms with Crippen LogP contribution in [0.2, 0.25) is 5.02 Å². The van der Waals surface area contributed by atoms with E-state index in [0.717, 1.165) is 36.4 Å². The normalized spacial score (nSPS) is 16.1. The first-order valence-electron chi connectivity index (χ1n) is 9.16. The number of hydrogen-bond donors (Lipinski definition) is 1. The van der Waals surface area contributed by atoms with E-state index in [1.807, 2.05) is 47.4 Å². The molecule has 0 saturated carbocycles. The number of benzene rings is 2. The number of rotatable bonds is 8. The van der Waals surface area contributed by atoms with Crippen molar-refractivity contribution in [1.29, 1.82) is 0 Å². The summed E-state index contributed by atoms with van der Waals surface area (Å²) < 4.78 is 11.0. The molecule has 1 unspecified atom stereocenters. The van der Waals surface area contributed by atoms with Gasteiger partial charge >= 0.3 is 0 Å². The lowest BCUT2D eigenvalue weighted by Gasteiger charge is -2.26. The lowest BCUT2D eigenvalue weighted by molar-refractivity contribution is -0.131. The highest BCUT2D eigenvalue weighted by molar-refractivity contribution is 6.33. The van der Waals surface area contributed by atoms with Crippen LogP contribution in [0.5, 0.6) is 5.75 Å². The summed E-state index contributed by atoms with van der Waals surface area (Å²) in [7, 11) is 1.64. The third-order valence-electron chi connectivity index (χ3n) is 4.61. The molecule has 1 aliphatic rings. The van der Waals surface area contributed by atoms with Crippen LogP contribution in [0.15, 0.2) is 48.5 Å². The third-order valence-corrected chi connectivity index (χ3v) is 4.94. The smallest absolute Gasteiger partial charge is 0.242 e. The van der Waals surface area contributed by atoms with Crippen molar-refractivity contribution in [1.82, 2.24) is 4.90 Å². The van der Waals surface area contributed by atoms with Gasteiger partial charge in [-0.05, 0) is 42.7 Å². The van der Waals surface area contributed by atoms with Gasteiger partial charge in [-0.15, -0.1) is 0 Å². The Bertz CT molecular complexity index is 763. The van der Waals surface area contributed by atoms with Crippen molar-refractivity contribution in [2.45, 2.75) is 25.5 Å². The number of carbonyl (C=O) groups excluding carboxylic acids is 1. The first-order valence-corrected chi connectivity index (χ1v) is 9.54. The highest BCUT2D eigenvalue weighted by Gasteiger charge is 2.23. The molecule has 0 aromatic heterocycles. The molecule has 0 radical (unpaired) electrons. The van der Waals surface area contributed by atoms with Crippen LogP contribution >= 0.6 is 11.6 Å². The van der Waals surface area contributed by atoms with Gasteiger partial charge in [-0.3, -0.25) is 4.79 Å². The Hall–Kier alpha value is -2.24. The Balaban J connectivity index is 1.67. The van der Waals surface area contributed by atoms with Crippen molar-refractivity contribution in [2.24, 2.45) is 0 Å². The second-order valence-electron chi connectivity index (χ2n) is 6.59. The van der Waals surface area contributed by atoms with Gasteiger partial charge in [-0.2, -0.15) is 0 Å². The molecule has 1 amide bonds. The van der Waals surface area contributed by atoms with Gasteiger partial charge in [0.05, 0.1) is 30.5 Å². The Morgan fingerprint density at radius 3 is 2.89 bits per heavy atom. The van der Waals surface area contributed by atoms with Gasteiger partial charge in [0.2, 0.25) is 5.91 Å². The summed E-state index contributed by atoms with van der Waals surface area (Å²) >= 11 is 6.17. The molecule has 1 aliphatic heterocycles. The van der Waals surface area contributed by atoms with E-state index in [9.17, 15) is 4.79 Å². The van der Waals surface area contributed by atoms with Gasteiger partial charge in [-0.1, -0.05) is 35.9 Å². The highest BCUT2D eigenvalue weighted by Crippen LogP contribution is 2.21. The molecule has 1 fully saturated rings. The van der Waals surface area contributed by atoms with Gasteiger partial charge in [0.1, 0.15) is 5.75 Å². The molecule has 3 rings (SSSR count). The average molecular weight is 389 g/mol. The molecule has 1 N–H and O–H groups in total. The monoisotopic (exact) mass is 388 g/mol. The largest absolute Gasteiger partial charge is 0.497 e. The van der Waals surface area contributed by atoms with Crippen molar-refractivity contribution in [3.63, 3.8) is 0 Å². The van der Waals surface area contributed by atoms with E-state index < -0.39 is 0 Å². The number of halogens is 1. The lowest BCUT2D eigenvalue weighted by atomic mass is 10.1. The first-order chi connectivity index (χ1) is 13.2. The number of anilines is 1. The number of amides is 1. The molecule has 0 bridgehead atoms. The Kier molecular flexibility index (Phi) is 6.96. The van der Waals surface area contributed by atoms with E-state index in [1.54, 1.807) is 13.2 Å². The summed E-state index contributed by atoms with van der Waals surface area (Å²) in [4.78, 5) is 14.7. The zero-order chi connectivity index (χ0) is 19.1. The highest BCUT2D eigenvalue weighted by atomic mass is 35.5. The molecule has 2 aromatic rings. The van der Waals surface area contributed by atoms with E-state index in [-0.39, 0.29) is 18.6 Å². The summed E-state index contributed by atoms with van der Waals surface area (Å²) in [6.07, 6.45) is 2.13. The van der Waals surface area contributed by atoms with Gasteiger partial charge < -0.3 is 19.7 Å². The maximum Gasteiger partial charge on any atom is 0.242 e. The van der Waals surface area contributed by atoms with Crippen molar-refractivity contribution in [2.75, 3.05) is 32.1 Å². The first kappa shape index (κ1) is 19.5. The minimum atomic E-state index is 0.00763. The second kappa shape index (κ2) is 9.62. The molecule has 1 atom stereocenters. The van der Waals surface area contributed by atoms with Crippen molar-refractivity contribution in [3.05, 3.63) is 59.1 Å². The molecular formula is C21H25ClN2O3. The fourth-order valence-electron chi connectivity index (χ4n) is 3.17. The van der Waals surface area contributed by atoms with Crippen LogP contribution in [0.4, 0.5) is 5.69 Å². The van der Waals surface area contributed by atoms with Crippen LogP contribution in [0.1, 0.15) is 18.4 Å². The van der Waals surface area contributed by atoms with Crippen LogP contribution in [-0.4, -0.2) is 43.7 Å². The summed E-state index contributed by atoms with van der Waals surface area (Å²) in [5.74, 6) is 0.791. The third kappa shape index (κ3) is 5.62. The van der Waals surface area contributed by atoms with Crippen molar-refractivity contribution < 1.29 is 14.3 Å². The Morgan fingerprint density at radius 2 is 2.15 bits per heavy atom. The van der Waals surface area contributed by atoms with Gasteiger partial charge in [0, 0.05) is 19.7 Å². The molecule has 1 saturated heterocycles. The van der Waals surface area contributed by atoms with E-state index in [0.29, 0.717) is 18.1 Å². The van der Waals surface area contributed by atoms with Crippen molar-refractivity contribution in [3.8, 4) is 5.75 Å². The average Bonchev–Trinajstić information content (AvgIpc) is 3.20. The lowest BCUT2D eigenvalue weighted by Crippen LogP contribution is -2.40. The SMILES string of the molecule is COc1cccc(CN(CC2CCCO2)C(=O)CNc2ccccc2Cl)c1. The zero-order valence-corrected chi connectivity index (χ0v) is 16.2. The molecule has 27 heavy (non-hydrogen) atoms. The number of hydrogen-bond acceptors (Lipinski definition) is 4. The zero-order valence-electron chi connectivity index (χ0n) is 15.5. The van der Waals surface area contributed by atoms with Crippen LogP contribution in [-0.2, 0) is 16.1 Å². The maximum absolute atomic E-state index is 12.9. The predicted molar refractivity (Wildman–Crippen MR) is 107 cm³/mol. The minimum Gasteiger partial charge on any atom is -0.497 e. The standard InChI is InChI=1S/C21H25ClN2O3/c1-26-17-7-4-6-16(12-17)14-24(15-18-8-5-11-27-18)21(25)13-23-20-10-3-2-9-19(20)22/h2-4,6-7,9-10,12,18,23H,5,8,11,13-15H2,1H3. The van der Waals surface area contributed by atoms with E-state index in [2.05, 4.69) is 5.32 Å². The number of ether oxygens (including phenoxy) is 2. The molecule has 1 heterocycles. The molecule has 2 aromatic carbocycles. The summed E-state index contributed by atoms with van der Waals surface area (Å²) in [5.41, 5.74) is 1.78. The second-order valence-corrected chi connectivity index (χ2v) is 7.00. The molecule has 6 heteroatoms. The Morgan fingerprint density at radius 1 is 1.30 bits per heavy atom. The van der Waals surface area contributed by atoms with E-state index in [1.165, 1.54) is 0 Å². The molecule has 0 aliphatic carbocycles. The number of nitrogens with one attached hydrogen (secondary N) is 1. The molecular weight excluding hydrogens is 364 g/mol. The maximum atomic E-state index is 12.9. The molecule has 144 valence electrons. The van der Waals surface area contributed by atoms with Crippen LogP contribution in [0.25, 0.3) is 0 Å². The Labute approximate surface area is 165 Å². The van der Waals surface area contributed by atoms with Gasteiger partial charge in [0.15, 0.2) is 0 Å². The fourth-order valence-corrected chi connectivity index (χ4v) is 3.37. The van der Waals surface area contributed by atoms with Crippen molar-refractivity contribution >= 4 is 23.2 Å². The van der Waals surface area contributed by atoms with E-state index in [4.69, 9.17) is 21.1 Å². The van der Waals surface area contributed by atoms with Crippen LogP contribution in [0, 0.1) is 0 Å². The molecule has 0 spiro atoms. The topological polar surface area (TPSA) is 50.8 Å². The predicted octanol–water partition coefficient (Wildman–Crippen LogP) is 3.97. The number of carbonyl (C=O) groups is 1. The number of para-hydroxylation sites is 1. The van der Waals surface area contributed by atoms with E-state index >= 15 is 0 Å². The summed E-state index contributed by atoms with van der Waals surface area (Å²) in [6.45, 7) is 2.05. The fraction of sp³-hybridized carbons (Fsp3) is 0.381. The quantitative estimate of drug-likeness (QED) is 0.743. The molecule has 5 nitrogen and oxygen atoms in total. The van der Waals surface area contributed by atoms with Gasteiger partial charge in [-0.25, -0.2) is 0 Å². The van der Waals surface area contributed by atoms with Crippen LogP contribution < -0.4 is 10.1 Å². The number of nitrogens with zero attached hydrogens (tertiary/aromatic N) is 1. The van der Waals surface area contributed by atoms with Gasteiger partial charge in [0.25, 0.3) is 0 Å². The summed E-state index contributed by atoms with van der Waals surface area (Å²) in [5, 5.41) is 3.74. The minimum absolute atomic E-state index is 0.00763.